The molecule has 7 heteroatoms. The number of fused-ring (bicyclic) bond motifs is 3. The quantitative estimate of drug-likeness (QED) is 0.479. The molecule has 1 amide bonds. The van der Waals surface area contributed by atoms with Crippen LogP contribution in [0.15, 0.2) is 24.3 Å². The summed E-state index contributed by atoms with van der Waals surface area (Å²) in [5.41, 5.74) is 11.3. The first-order chi connectivity index (χ1) is 13.5. The van der Waals surface area contributed by atoms with E-state index in [0.717, 1.165) is 51.0 Å². The van der Waals surface area contributed by atoms with Crippen molar-refractivity contribution in [1.82, 2.24) is 9.97 Å². The van der Waals surface area contributed by atoms with Gasteiger partial charge in [0.25, 0.3) is 5.91 Å². The minimum Gasteiger partial charge on any atom is -0.397 e. The van der Waals surface area contributed by atoms with Crippen molar-refractivity contribution in [2.45, 2.75) is 33.1 Å². The van der Waals surface area contributed by atoms with Crippen LogP contribution >= 0.6 is 22.7 Å². The van der Waals surface area contributed by atoms with Gasteiger partial charge in [-0.1, -0.05) is 30.4 Å². The molecule has 3 aromatic heterocycles. The molecule has 1 atom stereocenters. The van der Waals surface area contributed by atoms with Gasteiger partial charge >= 0.3 is 0 Å². The van der Waals surface area contributed by atoms with E-state index in [4.69, 9.17) is 10.7 Å². The average Bonchev–Trinajstić information content (AvgIpc) is 3.22. The molecular formula is C21H20N4OS2. The first-order valence-corrected chi connectivity index (χ1v) is 11.0. The van der Waals surface area contributed by atoms with Gasteiger partial charge in [-0.3, -0.25) is 10.1 Å². The minimum absolute atomic E-state index is 0.219. The highest BCUT2D eigenvalue weighted by molar-refractivity contribution is 7.23. The third-order valence-electron chi connectivity index (χ3n) is 5.38. The Labute approximate surface area is 170 Å². The van der Waals surface area contributed by atoms with Crippen LogP contribution in [0.4, 0.5) is 10.8 Å². The molecule has 0 saturated heterocycles. The van der Waals surface area contributed by atoms with Crippen LogP contribution in [0.5, 0.6) is 0 Å². The van der Waals surface area contributed by atoms with E-state index >= 15 is 0 Å². The fourth-order valence-electron chi connectivity index (χ4n) is 3.83. The largest absolute Gasteiger partial charge is 0.397 e. The molecule has 0 aliphatic heterocycles. The van der Waals surface area contributed by atoms with Crippen molar-refractivity contribution in [3.63, 3.8) is 0 Å². The molecule has 3 N–H and O–H groups in total. The number of anilines is 2. The van der Waals surface area contributed by atoms with Crippen molar-refractivity contribution >= 4 is 59.8 Å². The predicted octanol–water partition coefficient (Wildman–Crippen LogP) is 5.17. The number of amides is 1. The Balaban J connectivity index is 1.50. The number of benzene rings is 1. The topological polar surface area (TPSA) is 80.9 Å². The first kappa shape index (κ1) is 17.6. The van der Waals surface area contributed by atoms with Gasteiger partial charge in [-0.25, -0.2) is 9.97 Å². The van der Waals surface area contributed by atoms with E-state index in [1.54, 1.807) is 0 Å². The van der Waals surface area contributed by atoms with Gasteiger partial charge < -0.3 is 5.73 Å². The molecule has 3 heterocycles. The Bertz CT molecular complexity index is 1240. The summed E-state index contributed by atoms with van der Waals surface area (Å²) in [5, 5.41) is 4.41. The standard InChI is InChI=1S/C21H20N4OS2/c1-10-6-7-14-12(8-10)9-13-16(22)18(28-20(13)23-14)19(26)25-21-24-17-11(2)4-3-5-15(17)27-21/h3-5,9-10H,6-8,22H2,1-2H3,(H,24,25,26). The second-order valence-corrected chi connectivity index (χ2v) is 9.56. The number of thiazole rings is 1. The predicted molar refractivity (Wildman–Crippen MR) is 118 cm³/mol. The maximum atomic E-state index is 12.9. The normalized spacial score (nSPS) is 16.4. The summed E-state index contributed by atoms with van der Waals surface area (Å²) in [6.07, 6.45) is 3.19. The zero-order chi connectivity index (χ0) is 19.4. The third-order valence-corrected chi connectivity index (χ3v) is 7.43. The molecule has 5 rings (SSSR count). The summed E-state index contributed by atoms with van der Waals surface area (Å²) in [7, 11) is 0. The molecule has 1 aromatic carbocycles. The molecule has 0 fully saturated rings. The lowest BCUT2D eigenvalue weighted by Crippen LogP contribution is -2.12. The second-order valence-electron chi connectivity index (χ2n) is 7.53. The Morgan fingerprint density at radius 2 is 2.14 bits per heavy atom. The number of nitrogens with two attached hydrogens (primary N) is 1. The first-order valence-electron chi connectivity index (χ1n) is 9.38. The van der Waals surface area contributed by atoms with Crippen molar-refractivity contribution < 1.29 is 4.79 Å². The van der Waals surface area contributed by atoms with Crippen LogP contribution < -0.4 is 11.1 Å². The molecule has 28 heavy (non-hydrogen) atoms. The van der Waals surface area contributed by atoms with Gasteiger partial charge in [0.1, 0.15) is 9.71 Å². The summed E-state index contributed by atoms with van der Waals surface area (Å²) in [4.78, 5) is 23.6. The summed E-state index contributed by atoms with van der Waals surface area (Å²) in [5.74, 6) is 0.445. The fourth-order valence-corrected chi connectivity index (χ4v) is 5.77. The molecule has 0 radical (unpaired) electrons. The number of hydrogen-bond acceptors (Lipinski definition) is 6. The van der Waals surface area contributed by atoms with E-state index in [1.165, 1.54) is 28.2 Å². The summed E-state index contributed by atoms with van der Waals surface area (Å²) in [6, 6.07) is 8.17. The van der Waals surface area contributed by atoms with E-state index in [1.807, 2.05) is 25.1 Å². The fraction of sp³-hybridized carbons (Fsp3) is 0.286. The van der Waals surface area contributed by atoms with E-state index in [2.05, 4.69) is 23.3 Å². The number of rotatable bonds is 2. The summed E-state index contributed by atoms with van der Waals surface area (Å²) >= 11 is 2.84. The number of aryl methyl sites for hydroxylation is 2. The highest BCUT2D eigenvalue weighted by Gasteiger charge is 2.23. The highest BCUT2D eigenvalue weighted by Crippen LogP contribution is 2.37. The number of nitrogens with zero attached hydrogens (tertiary/aromatic N) is 2. The molecule has 5 nitrogen and oxygen atoms in total. The Morgan fingerprint density at radius 3 is 2.96 bits per heavy atom. The lowest BCUT2D eigenvalue weighted by molar-refractivity contribution is 0.103. The van der Waals surface area contributed by atoms with Gasteiger partial charge in [0.15, 0.2) is 5.13 Å². The molecule has 0 bridgehead atoms. The molecular weight excluding hydrogens is 388 g/mol. The molecule has 4 aromatic rings. The van der Waals surface area contributed by atoms with Crippen LogP contribution in [0.3, 0.4) is 0 Å². The SMILES string of the molecule is Cc1cccc2sc(NC(=O)c3sc4nc5c(cc4c3N)CC(C)CC5)nc12. The monoisotopic (exact) mass is 408 g/mol. The van der Waals surface area contributed by atoms with Crippen LogP contribution in [-0.2, 0) is 12.8 Å². The van der Waals surface area contributed by atoms with Crippen molar-refractivity contribution in [2.75, 3.05) is 11.1 Å². The third kappa shape index (κ3) is 2.86. The van der Waals surface area contributed by atoms with Gasteiger partial charge in [0.2, 0.25) is 0 Å². The molecule has 0 spiro atoms. The maximum absolute atomic E-state index is 12.9. The number of thiophene rings is 1. The highest BCUT2D eigenvalue weighted by atomic mass is 32.1. The van der Waals surface area contributed by atoms with E-state index in [0.29, 0.717) is 21.6 Å². The molecule has 1 unspecified atom stereocenters. The molecule has 1 aliphatic rings. The number of aromatic nitrogens is 2. The van der Waals surface area contributed by atoms with E-state index < -0.39 is 0 Å². The summed E-state index contributed by atoms with van der Waals surface area (Å²) < 4.78 is 1.06. The van der Waals surface area contributed by atoms with Crippen LogP contribution in [0.2, 0.25) is 0 Å². The summed E-state index contributed by atoms with van der Waals surface area (Å²) in [6.45, 7) is 4.29. The van der Waals surface area contributed by atoms with Gasteiger partial charge in [0.05, 0.1) is 15.9 Å². The number of para-hydroxylation sites is 1. The van der Waals surface area contributed by atoms with E-state index in [9.17, 15) is 4.79 Å². The van der Waals surface area contributed by atoms with Gasteiger partial charge in [-0.05, 0) is 55.4 Å². The lowest BCUT2D eigenvalue weighted by atomic mass is 9.87. The van der Waals surface area contributed by atoms with Crippen LogP contribution in [-0.4, -0.2) is 15.9 Å². The van der Waals surface area contributed by atoms with Crippen molar-refractivity contribution in [1.29, 1.82) is 0 Å². The number of pyridine rings is 1. The van der Waals surface area contributed by atoms with Gasteiger partial charge in [0, 0.05) is 11.1 Å². The number of nitrogens with one attached hydrogen (secondary N) is 1. The number of carbonyl (C=O) groups is 1. The average molecular weight is 409 g/mol. The second kappa shape index (κ2) is 6.53. The Morgan fingerprint density at radius 1 is 1.29 bits per heavy atom. The van der Waals surface area contributed by atoms with Gasteiger partial charge in [-0.2, -0.15) is 0 Å². The van der Waals surface area contributed by atoms with Crippen LogP contribution in [0.25, 0.3) is 20.4 Å². The lowest BCUT2D eigenvalue weighted by Gasteiger charge is -2.20. The van der Waals surface area contributed by atoms with Crippen LogP contribution in [0, 0.1) is 12.8 Å². The smallest absolute Gasteiger partial charge is 0.269 e. The van der Waals surface area contributed by atoms with Crippen molar-refractivity contribution in [2.24, 2.45) is 5.92 Å². The van der Waals surface area contributed by atoms with Crippen molar-refractivity contribution in [3.8, 4) is 0 Å². The maximum Gasteiger partial charge on any atom is 0.269 e. The number of nitrogen functional groups attached to an aromatic ring is 1. The van der Waals surface area contributed by atoms with Crippen molar-refractivity contribution in [3.05, 3.63) is 46.0 Å². The Hall–Kier alpha value is -2.51. The zero-order valence-electron chi connectivity index (χ0n) is 15.7. The van der Waals surface area contributed by atoms with E-state index in [-0.39, 0.29) is 5.91 Å². The van der Waals surface area contributed by atoms with Crippen LogP contribution in [0.1, 0.15) is 39.8 Å². The number of hydrogen-bond donors (Lipinski definition) is 2. The van der Waals surface area contributed by atoms with Gasteiger partial charge in [-0.15, -0.1) is 11.3 Å². The molecule has 1 aliphatic carbocycles. The zero-order valence-corrected chi connectivity index (χ0v) is 17.3. The molecule has 0 saturated carbocycles. The minimum atomic E-state index is -0.219. The number of carbonyl (C=O) groups excluding carboxylic acids is 1. The molecule has 142 valence electrons. The Kier molecular flexibility index (Phi) is 4.10.